The average molecular weight is 390 g/mol. The predicted molar refractivity (Wildman–Crippen MR) is 102 cm³/mol. The number of amides is 2. The zero-order chi connectivity index (χ0) is 18.7. The van der Waals surface area contributed by atoms with Crippen LogP contribution >= 0.6 is 23.4 Å². The molecule has 26 heavy (non-hydrogen) atoms. The molecule has 7 heteroatoms. The van der Waals surface area contributed by atoms with Crippen molar-refractivity contribution in [1.29, 1.82) is 0 Å². The van der Waals surface area contributed by atoms with Crippen LogP contribution in [0.25, 0.3) is 6.08 Å². The molecular formula is C19H16ClNO4S. The summed E-state index contributed by atoms with van der Waals surface area (Å²) in [5.41, 5.74) is 1.51. The maximum Gasteiger partial charge on any atom is 0.293 e. The first-order valence-corrected chi connectivity index (χ1v) is 9.07. The smallest absolute Gasteiger partial charge is 0.293 e. The van der Waals surface area contributed by atoms with Crippen LogP contribution in [-0.2, 0) is 4.79 Å². The molecule has 1 aliphatic heterocycles. The number of benzene rings is 2. The molecule has 0 aromatic heterocycles. The molecule has 134 valence electrons. The van der Waals surface area contributed by atoms with Gasteiger partial charge in [0.2, 0.25) is 0 Å². The zero-order valence-corrected chi connectivity index (χ0v) is 15.5. The molecule has 0 radical (unpaired) electrons. The number of nitrogens with zero attached hydrogens (tertiary/aromatic N) is 1. The van der Waals surface area contributed by atoms with Crippen LogP contribution in [0.1, 0.15) is 11.1 Å². The average Bonchev–Trinajstić information content (AvgIpc) is 2.87. The third-order valence-corrected chi connectivity index (χ3v) is 4.90. The number of phenols is 1. The summed E-state index contributed by atoms with van der Waals surface area (Å²) in [6.07, 6.45) is 1.47. The summed E-state index contributed by atoms with van der Waals surface area (Å²) in [5, 5.41) is 9.92. The largest absolute Gasteiger partial charge is 0.507 e. The van der Waals surface area contributed by atoms with Gasteiger partial charge in [0.15, 0.2) is 0 Å². The highest BCUT2D eigenvalue weighted by atomic mass is 35.5. The molecule has 0 unspecified atom stereocenters. The van der Waals surface area contributed by atoms with Gasteiger partial charge in [-0.2, -0.15) is 0 Å². The van der Waals surface area contributed by atoms with E-state index in [1.165, 1.54) is 18.2 Å². The Bertz CT molecular complexity index is 880. The SMILES string of the molecule is Cc1ccc(OCCN2C(=O)S/C(=C\c3cc(Cl)ccc3O)C2=O)cc1. The van der Waals surface area contributed by atoms with Crippen molar-refractivity contribution in [3.63, 3.8) is 0 Å². The van der Waals surface area contributed by atoms with Gasteiger partial charge in [-0.3, -0.25) is 14.5 Å². The lowest BCUT2D eigenvalue weighted by Crippen LogP contribution is -2.32. The van der Waals surface area contributed by atoms with Crippen molar-refractivity contribution in [3.8, 4) is 11.5 Å². The van der Waals surface area contributed by atoms with Crippen molar-refractivity contribution in [3.05, 3.63) is 63.5 Å². The molecular weight excluding hydrogens is 374 g/mol. The number of halogens is 1. The minimum Gasteiger partial charge on any atom is -0.507 e. The summed E-state index contributed by atoms with van der Waals surface area (Å²) in [5.74, 6) is 0.262. The lowest BCUT2D eigenvalue weighted by Gasteiger charge is -2.13. The Morgan fingerprint density at radius 1 is 1.19 bits per heavy atom. The molecule has 1 aliphatic rings. The van der Waals surface area contributed by atoms with Gasteiger partial charge in [-0.05, 0) is 55.1 Å². The highest BCUT2D eigenvalue weighted by Crippen LogP contribution is 2.34. The highest BCUT2D eigenvalue weighted by Gasteiger charge is 2.34. The van der Waals surface area contributed by atoms with E-state index >= 15 is 0 Å². The Morgan fingerprint density at radius 3 is 2.65 bits per heavy atom. The number of thioether (sulfide) groups is 1. The fraction of sp³-hybridized carbons (Fsp3) is 0.158. The topological polar surface area (TPSA) is 66.8 Å². The van der Waals surface area contributed by atoms with E-state index in [0.29, 0.717) is 16.3 Å². The van der Waals surface area contributed by atoms with Crippen molar-refractivity contribution in [1.82, 2.24) is 4.90 Å². The Kier molecular flexibility index (Phi) is 5.54. The van der Waals surface area contributed by atoms with Gasteiger partial charge in [0.1, 0.15) is 18.1 Å². The molecule has 0 saturated carbocycles. The number of aromatic hydroxyl groups is 1. The fourth-order valence-electron chi connectivity index (χ4n) is 2.36. The standard InChI is InChI=1S/C19H16ClNO4S/c1-12-2-5-15(6-3-12)25-9-8-21-18(23)17(26-19(21)24)11-13-10-14(20)4-7-16(13)22/h2-7,10-11,22H,8-9H2,1H3/b17-11-. The maximum absolute atomic E-state index is 12.4. The minimum absolute atomic E-state index is 0.0103. The molecule has 5 nitrogen and oxygen atoms in total. The lowest BCUT2D eigenvalue weighted by molar-refractivity contribution is -0.123. The number of carbonyl (C=O) groups is 2. The summed E-state index contributed by atoms with van der Waals surface area (Å²) < 4.78 is 5.58. The third-order valence-electron chi connectivity index (χ3n) is 3.75. The van der Waals surface area contributed by atoms with Crippen molar-refractivity contribution in [2.24, 2.45) is 0 Å². The number of rotatable bonds is 5. The number of phenolic OH excluding ortho intramolecular Hbond substituents is 1. The number of hydrogen-bond donors (Lipinski definition) is 1. The Hall–Kier alpha value is -2.44. The molecule has 2 aromatic rings. The molecule has 1 saturated heterocycles. The van der Waals surface area contributed by atoms with E-state index in [2.05, 4.69) is 0 Å². The number of hydrogen-bond acceptors (Lipinski definition) is 5. The van der Waals surface area contributed by atoms with Gasteiger partial charge in [-0.1, -0.05) is 29.3 Å². The van der Waals surface area contributed by atoms with Gasteiger partial charge in [-0.15, -0.1) is 0 Å². The molecule has 1 fully saturated rings. The van der Waals surface area contributed by atoms with E-state index in [1.54, 1.807) is 6.07 Å². The van der Waals surface area contributed by atoms with Gasteiger partial charge in [-0.25, -0.2) is 0 Å². The number of imide groups is 1. The van der Waals surface area contributed by atoms with Gasteiger partial charge in [0.25, 0.3) is 11.1 Å². The van der Waals surface area contributed by atoms with Gasteiger partial charge in [0, 0.05) is 10.6 Å². The van der Waals surface area contributed by atoms with Crippen LogP contribution in [0.3, 0.4) is 0 Å². The third kappa shape index (κ3) is 4.20. The first-order chi connectivity index (χ1) is 12.4. The second kappa shape index (κ2) is 7.85. The second-order valence-corrected chi connectivity index (χ2v) is 7.13. The van der Waals surface area contributed by atoms with Crippen molar-refractivity contribution >= 4 is 40.6 Å². The van der Waals surface area contributed by atoms with Gasteiger partial charge >= 0.3 is 0 Å². The van der Waals surface area contributed by atoms with Gasteiger partial charge in [0.05, 0.1) is 11.4 Å². The van der Waals surface area contributed by atoms with E-state index in [9.17, 15) is 14.7 Å². The van der Waals surface area contributed by atoms with E-state index < -0.39 is 5.91 Å². The second-order valence-electron chi connectivity index (χ2n) is 5.70. The van der Waals surface area contributed by atoms with Crippen LogP contribution < -0.4 is 4.74 Å². The Morgan fingerprint density at radius 2 is 1.92 bits per heavy atom. The molecule has 3 rings (SSSR count). The monoisotopic (exact) mass is 389 g/mol. The normalized spacial score (nSPS) is 15.8. The van der Waals surface area contributed by atoms with Crippen molar-refractivity contribution in [2.45, 2.75) is 6.92 Å². The van der Waals surface area contributed by atoms with Crippen LogP contribution in [0.4, 0.5) is 4.79 Å². The Balaban J connectivity index is 1.66. The maximum atomic E-state index is 12.4. The molecule has 0 bridgehead atoms. The summed E-state index contributed by atoms with van der Waals surface area (Å²) >= 11 is 6.73. The van der Waals surface area contributed by atoms with Crippen LogP contribution in [0, 0.1) is 6.92 Å². The van der Waals surface area contributed by atoms with Crippen molar-refractivity contribution < 1.29 is 19.4 Å². The minimum atomic E-state index is -0.410. The fourth-order valence-corrected chi connectivity index (χ4v) is 3.40. The van der Waals surface area contributed by atoms with E-state index in [-0.39, 0.29) is 29.0 Å². The molecule has 1 heterocycles. The summed E-state index contributed by atoms with van der Waals surface area (Å²) in [6.45, 7) is 2.34. The zero-order valence-electron chi connectivity index (χ0n) is 13.9. The first-order valence-electron chi connectivity index (χ1n) is 7.87. The molecule has 0 atom stereocenters. The number of aryl methyl sites for hydroxylation is 1. The summed E-state index contributed by atoms with van der Waals surface area (Å²) in [6, 6.07) is 12.0. The summed E-state index contributed by atoms with van der Waals surface area (Å²) in [7, 11) is 0. The quantitative estimate of drug-likeness (QED) is 0.764. The van der Waals surface area contributed by atoms with E-state index in [1.807, 2.05) is 31.2 Å². The number of carbonyl (C=O) groups excluding carboxylic acids is 2. The molecule has 1 N–H and O–H groups in total. The van der Waals surface area contributed by atoms with Crippen LogP contribution in [0.2, 0.25) is 5.02 Å². The van der Waals surface area contributed by atoms with Crippen LogP contribution in [0.5, 0.6) is 11.5 Å². The van der Waals surface area contributed by atoms with Crippen molar-refractivity contribution in [2.75, 3.05) is 13.2 Å². The van der Waals surface area contributed by atoms with Gasteiger partial charge < -0.3 is 9.84 Å². The molecule has 2 aromatic carbocycles. The van der Waals surface area contributed by atoms with Crippen LogP contribution in [0.15, 0.2) is 47.4 Å². The summed E-state index contributed by atoms with van der Waals surface area (Å²) in [4.78, 5) is 25.9. The molecule has 0 spiro atoms. The Labute approximate surface area is 160 Å². The number of ether oxygens (including phenoxy) is 1. The molecule has 0 aliphatic carbocycles. The van der Waals surface area contributed by atoms with Crippen LogP contribution in [-0.4, -0.2) is 34.3 Å². The van der Waals surface area contributed by atoms with E-state index in [4.69, 9.17) is 16.3 Å². The highest BCUT2D eigenvalue weighted by molar-refractivity contribution is 8.18. The predicted octanol–water partition coefficient (Wildman–Crippen LogP) is 4.47. The first kappa shape index (κ1) is 18.4. The molecule has 2 amide bonds. The van der Waals surface area contributed by atoms with E-state index in [0.717, 1.165) is 22.2 Å². The lowest BCUT2D eigenvalue weighted by atomic mass is 10.2.